The van der Waals surface area contributed by atoms with E-state index in [0.717, 1.165) is 16.8 Å². The first-order valence-electron chi connectivity index (χ1n) is 7.62. The molecule has 0 aliphatic rings. The largest absolute Gasteiger partial charge is 0.277 e. The Hall–Kier alpha value is -1.94. The summed E-state index contributed by atoms with van der Waals surface area (Å²) in [4.78, 5) is 0. The molecule has 0 aliphatic carbocycles. The number of anilines is 1. The SMILES string of the molecule is Cc1ccc(-c2ccccc2N/N=C(\S(C)=O)C(C)(C)C)cc1. The van der Waals surface area contributed by atoms with Gasteiger partial charge in [-0.05, 0) is 18.6 Å². The van der Waals surface area contributed by atoms with Gasteiger partial charge in [0.25, 0.3) is 0 Å². The van der Waals surface area contributed by atoms with Crippen molar-refractivity contribution >= 4 is 21.5 Å². The summed E-state index contributed by atoms with van der Waals surface area (Å²) in [6.07, 6.45) is 1.66. The molecule has 2 aromatic carbocycles. The first-order chi connectivity index (χ1) is 10.8. The van der Waals surface area contributed by atoms with E-state index in [2.05, 4.69) is 47.8 Å². The molecule has 2 aromatic rings. The molecular formula is C19H24N2OS. The summed E-state index contributed by atoms with van der Waals surface area (Å²) >= 11 is 0. The van der Waals surface area contributed by atoms with Crippen molar-refractivity contribution in [3.63, 3.8) is 0 Å². The molecule has 0 fully saturated rings. The van der Waals surface area contributed by atoms with Gasteiger partial charge < -0.3 is 0 Å². The summed E-state index contributed by atoms with van der Waals surface area (Å²) < 4.78 is 11.9. The fraction of sp³-hybridized carbons (Fsp3) is 0.316. The fourth-order valence-corrected chi connectivity index (χ4v) is 3.38. The van der Waals surface area contributed by atoms with Crippen LogP contribution >= 0.6 is 0 Å². The predicted octanol–water partition coefficient (Wildman–Crippen LogP) is 4.81. The smallest absolute Gasteiger partial charge is 0.129 e. The van der Waals surface area contributed by atoms with E-state index in [1.165, 1.54) is 5.56 Å². The maximum atomic E-state index is 11.9. The number of rotatable bonds is 3. The molecule has 0 saturated carbocycles. The third-order valence-electron chi connectivity index (χ3n) is 3.48. The van der Waals surface area contributed by atoms with Crippen molar-refractivity contribution in [3.05, 3.63) is 54.1 Å². The second-order valence-corrected chi connectivity index (χ2v) is 7.94. The molecule has 0 bridgehead atoms. The topological polar surface area (TPSA) is 41.5 Å². The molecule has 1 N–H and O–H groups in total. The number of hydrazone groups is 1. The number of hydrogen-bond acceptors (Lipinski definition) is 3. The van der Waals surface area contributed by atoms with Crippen LogP contribution in [0.4, 0.5) is 5.69 Å². The van der Waals surface area contributed by atoms with Crippen molar-refractivity contribution in [1.82, 2.24) is 0 Å². The molecule has 0 aromatic heterocycles. The number of nitrogens with one attached hydrogen (secondary N) is 1. The average Bonchev–Trinajstić information content (AvgIpc) is 2.47. The minimum Gasteiger partial charge on any atom is -0.277 e. The molecule has 1 unspecified atom stereocenters. The monoisotopic (exact) mass is 328 g/mol. The standard InChI is InChI=1S/C19H24N2OS/c1-14-10-12-15(13-11-14)16-8-6-7-9-17(16)20-21-18(23(5)22)19(2,3)4/h6-13,20H,1-5H3/b21-18-. The summed E-state index contributed by atoms with van der Waals surface area (Å²) in [7, 11) is -1.11. The highest BCUT2D eigenvalue weighted by molar-refractivity contribution is 8.00. The van der Waals surface area contributed by atoms with Crippen molar-refractivity contribution in [3.8, 4) is 11.1 Å². The maximum Gasteiger partial charge on any atom is 0.129 e. The lowest BCUT2D eigenvalue weighted by Crippen LogP contribution is -2.25. The first-order valence-corrected chi connectivity index (χ1v) is 9.18. The quantitative estimate of drug-likeness (QED) is 0.499. The Morgan fingerprint density at radius 3 is 2.22 bits per heavy atom. The molecule has 0 amide bonds. The van der Waals surface area contributed by atoms with Crippen molar-refractivity contribution in [1.29, 1.82) is 0 Å². The van der Waals surface area contributed by atoms with Gasteiger partial charge in [0.15, 0.2) is 0 Å². The summed E-state index contributed by atoms with van der Waals surface area (Å²) in [5.74, 6) is 0. The van der Waals surface area contributed by atoms with E-state index in [1.807, 2.05) is 39.0 Å². The van der Waals surface area contributed by atoms with E-state index in [-0.39, 0.29) is 5.41 Å². The Morgan fingerprint density at radius 2 is 1.65 bits per heavy atom. The van der Waals surface area contributed by atoms with Crippen LogP contribution in [0.25, 0.3) is 11.1 Å². The number of hydrogen-bond donors (Lipinski definition) is 1. The Bertz CT molecular complexity index is 728. The van der Waals surface area contributed by atoms with E-state index in [0.29, 0.717) is 5.04 Å². The number of para-hydroxylation sites is 1. The minimum absolute atomic E-state index is 0.245. The van der Waals surface area contributed by atoms with Crippen molar-refractivity contribution in [2.24, 2.45) is 10.5 Å². The fourth-order valence-electron chi connectivity index (χ4n) is 2.34. The van der Waals surface area contributed by atoms with Gasteiger partial charge in [0.05, 0.1) is 16.5 Å². The third-order valence-corrected chi connectivity index (χ3v) is 4.73. The zero-order chi connectivity index (χ0) is 17.0. The van der Waals surface area contributed by atoms with Gasteiger partial charge in [0, 0.05) is 17.2 Å². The molecular weight excluding hydrogens is 304 g/mol. The second-order valence-electron chi connectivity index (χ2n) is 6.64. The van der Waals surface area contributed by atoms with Gasteiger partial charge in [-0.25, -0.2) is 0 Å². The summed E-state index contributed by atoms with van der Waals surface area (Å²) in [6, 6.07) is 16.4. The van der Waals surface area contributed by atoms with Crippen molar-refractivity contribution in [2.75, 3.05) is 11.7 Å². The molecule has 1 atom stereocenters. The zero-order valence-electron chi connectivity index (χ0n) is 14.4. The molecule has 0 radical (unpaired) electrons. The van der Waals surface area contributed by atoms with Crippen LogP contribution in [0.3, 0.4) is 0 Å². The van der Waals surface area contributed by atoms with Crippen molar-refractivity contribution < 1.29 is 4.21 Å². The lowest BCUT2D eigenvalue weighted by Gasteiger charge is -2.19. The van der Waals surface area contributed by atoms with Crippen LogP contribution in [-0.2, 0) is 10.8 Å². The lowest BCUT2D eigenvalue weighted by atomic mass is 9.99. The Labute approximate surface area is 141 Å². The van der Waals surface area contributed by atoms with Crippen LogP contribution in [0.1, 0.15) is 26.3 Å². The summed E-state index contributed by atoms with van der Waals surface area (Å²) in [6.45, 7) is 8.12. The Kier molecular flexibility index (Phi) is 5.37. The Balaban J connectivity index is 2.38. The molecule has 23 heavy (non-hydrogen) atoms. The first kappa shape index (κ1) is 17.4. The number of aryl methyl sites for hydroxylation is 1. The molecule has 2 rings (SSSR count). The van der Waals surface area contributed by atoms with E-state index in [9.17, 15) is 4.21 Å². The molecule has 122 valence electrons. The average molecular weight is 328 g/mol. The van der Waals surface area contributed by atoms with Gasteiger partial charge >= 0.3 is 0 Å². The Morgan fingerprint density at radius 1 is 1.04 bits per heavy atom. The maximum absolute atomic E-state index is 11.9. The third kappa shape index (κ3) is 4.52. The number of benzene rings is 2. The molecule has 0 heterocycles. The van der Waals surface area contributed by atoms with Crippen LogP contribution in [0.2, 0.25) is 0 Å². The highest BCUT2D eigenvalue weighted by Gasteiger charge is 2.22. The summed E-state index contributed by atoms with van der Waals surface area (Å²) in [5, 5.41) is 5.08. The van der Waals surface area contributed by atoms with Gasteiger partial charge in [0.1, 0.15) is 5.04 Å². The van der Waals surface area contributed by atoms with E-state index < -0.39 is 10.8 Å². The van der Waals surface area contributed by atoms with Crippen LogP contribution in [0, 0.1) is 12.3 Å². The van der Waals surface area contributed by atoms with E-state index in [1.54, 1.807) is 6.26 Å². The normalized spacial score (nSPS) is 13.7. The van der Waals surface area contributed by atoms with Gasteiger partial charge in [-0.2, -0.15) is 5.10 Å². The lowest BCUT2D eigenvalue weighted by molar-refractivity contribution is 0.596. The zero-order valence-corrected chi connectivity index (χ0v) is 15.2. The van der Waals surface area contributed by atoms with Crippen molar-refractivity contribution in [2.45, 2.75) is 27.7 Å². The predicted molar refractivity (Wildman–Crippen MR) is 101 cm³/mol. The molecule has 0 saturated heterocycles. The molecule has 3 nitrogen and oxygen atoms in total. The molecule has 0 spiro atoms. The molecule has 0 aliphatic heterocycles. The summed E-state index contributed by atoms with van der Waals surface area (Å²) in [5.41, 5.74) is 7.20. The highest BCUT2D eigenvalue weighted by Crippen LogP contribution is 2.28. The molecule has 4 heteroatoms. The van der Waals surface area contributed by atoms with Crippen LogP contribution in [0.5, 0.6) is 0 Å². The van der Waals surface area contributed by atoms with Gasteiger partial charge in [-0.15, -0.1) is 0 Å². The second kappa shape index (κ2) is 7.09. The van der Waals surface area contributed by atoms with Crippen LogP contribution in [-0.4, -0.2) is 15.5 Å². The van der Waals surface area contributed by atoms with Gasteiger partial charge in [0.2, 0.25) is 0 Å². The van der Waals surface area contributed by atoms with E-state index >= 15 is 0 Å². The van der Waals surface area contributed by atoms with E-state index in [4.69, 9.17) is 0 Å². The highest BCUT2D eigenvalue weighted by atomic mass is 32.2. The minimum atomic E-state index is -1.11. The number of nitrogens with zero attached hydrogens (tertiary/aromatic N) is 1. The van der Waals surface area contributed by atoms with Gasteiger partial charge in [-0.3, -0.25) is 9.63 Å². The van der Waals surface area contributed by atoms with Crippen LogP contribution in [0.15, 0.2) is 53.6 Å². The van der Waals surface area contributed by atoms with Gasteiger partial charge in [-0.1, -0.05) is 68.8 Å². The van der Waals surface area contributed by atoms with Crippen LogP contribution < -0.4 is 5.43 Å².